The number of piperazine rings is 1. The standard InChI is InChI=1S/C16H19ClN4O2/c1-12-9-15(19-23-12)18-16(22)11-20-5-7-21(8-6-20)14-4-2-3-13(17)10-14/h2-4,9-10H,5-8,11H2,1H3,(H,18,19,22)/p+1. The third kappa shape index (κ3) is 4.24. The van der Waals surface area contributed by atoms with Gasteiger partial charge in [0.2, 0.25) is 0 Å². The Kier molecular flexibility index (Phi) is 4.83. The molecule has 122 valence electrons. The van der Waals surface area contributed by atoms with E-state index >= 15 is 0 Å². The van der Waals surface area contributed by atoms with Crippen molar-refractivity contribution in [2.45, 2.75) is 6.92 Å². The van der Waals surface area contributed by atoms with E-state index in [1.807, 2.05) is 18.2 Å². The van der Waals surface area contributed by atoms with Crippen LogP contribution in [-0.4, -0.2) is 43.8 Å². The van der Waals surface area contributed by atoms with Crippen molar-refractivity contribution in [2.75, 3.05) is 42.9 Å². The van der Waals surface area contributed by atoms with Gasteiger partial charge in [0.25, 0.3) is 5.91 Å². The molecule has 0 aliphatic carbocycles. The maximum Gasteiger partial charge on any atom is 0.280 e. The summed E-state index contributed by atoms with van der Waals surface area (Å²) in [7, 11) is 0. The fourth-order valence-electron chi connectivity index (χ4n) is 2.77. The average Bonchev–Trinajstić information content (AvgIpc) is 2.93. The number of nitrogens with zero attached hydrogens (tertiary/aromatic N) is 2. The molecular weight excluding hydrogens is 316 g/mol. The fourth-order valence-corrected chi connectivity index (χ4v) is 2.95. The first kappa shape index (κ1) is 15.8. The van der Waals surface area contributed by atoms with Gasteiger partial charge in [-0.2, -0.15) is 0 Å². The molecule has 7 heteroatoms. The predicted molar refractivity (Wildman–Crippen MR) is 89.1 cm³/mol. The molecule has 1 saturated heterocycles. The maximum atomic E-state index is 12.0. The highest BCUT2D eigenvalue weighted by molar-refractivity contribution is 6.30. The van der Waals surface area contributed by atoms with Crippen molar-refractivity contribution in [3.63, 3.8) is 0 Å². The molecule has 0 unspecified atom stereocenters. The first-order chi connectivity index (χ1) is 11.1. The lowest BCUT2D eigenvalue weighted by molar-refractivity contribution is -0.892. The van der Waals surface area contributed by atoms with Crippen molar-refractivity contribution >= 4 is 29.0 Å². The molecule has 23 heavy (non-hydrogen) atoms. The van der Waals surface area contributed by atoms with Crippen LogP contribution in [0.4, 0.5) is 11.5 Å². The van der Waals surface area contributed by atoms with Crippen LogP contribution in [0, 0.1) is 6.92 Å². The first-order valence-corrected chi connectivity index (χ1v) is 8.05. The molecule has 0 saturated carbocycles. The minimum Gasteiger partial charge on any atom is -0.360 e. The van der Waals surface area contributed by atoms with E-state index in [0.29, 0.717) is 18.1 Å². The van der Waals surface area contributed by atoms with E-state index in [9.17, 15) is 4.79 Å². The average molecular weight is 336 g/mol. The summed E-state index contributed by atoms with van der Waals surface area (Å²) in [5.74, 6) is 1.12. The zero-order chi connectivity index (χ0) is 16.2. The molecule has 1 fully saturated rings. The molecule has 3 rings (SSSR count). The van der Waals surface area contributed by atoms with Crippen molar-refractivity contribution in [3.05, 3.63) is 41.1 Å². The van der Waals surface area contributed by atoms with E-state index in [-0.39, 0.29) is 5.91 Å². The highest BCUT2D eigenvalue weighted by atomic mass is 35.5. The third-order valence-corrected chi connectivity index (χ3v) is 4.19. The topological polar surface area (TPSA) is 62.8 Å². The van der Waals surface area contributed by atoms with Gasteiger partial charge < -0.3 is 19.6 Å². The summed E-state index contributed by atoms with van der Waals surface area (Å²) in [6, 6.07) is 9.60. The predicted octanol–water partition coefficient (Wildman–Crippen LogP) is 0.980. The Morgan fingerprint density at radius 2 is 2.17 bits per heavy atom. The van der Waals surface area contributed by atoms with E-state index in [4.69, 9.17) is 16.1 Å². The molecule has 6 nitrogen and oxygen atoms in total. The summed E-state index contributed by atoms with van der Waals surface area (Å²) in [5.41, 5.74) is 1.14. The summed E-state index contributed by atoms with van der Waals surface area (Å²) in [4.78, 5) is 15.6. The molecule has 0 spiro atoms. The molecule has 2 aromatic rings. The molecule has 1 amide bonds. The van der Waals surface area contributed by atoms with Crippen LogP contribution in [-0.2, 0) is 4.79 Å². The van der Waals surface area contributed by atoms with Gasteiger partial charge in [0, 0.05) is 16.8 Å². The SMILES string of the molecule is Cc1cc(NC(=O)C[NH+]2CCN(c3cccc(Cl)c3)CC2)no1. The molecule has 0 radical (unpaired) electrons. The zero-order valence-corrected chi connectivity index (χ0v) is 13.8. The summed E-state index contributed by atoms with van der Waals surface area (Å²) in [5, 5.41) is 7.29. The second-order valence-electron chi connectivity index (χ2n) is 5.76. The van der Waals surface area contributed by atoms with Gasteiger partial charge in [-0.25, -0.2) is 0 Å². The number of hydrogen-bond acceptors (Lipinski definition) is 4. The number of amides is 1. The number of aromatic nitrogens is 1. The van der Waals surface area contributed by atoms with Crippen LogP contribution in [0.1, 0.15) is 5.76 Å². The van der Waals surface area contributed by atoms with Crippen LogP contribution < -0.4 is 15.1 Å². The number of carbonyl (C=O) groups is 1. The van der Waals surface area contributed by atoms with Crippen LogP contribution >= 0.6 is 11.6 Å². The van der Waals surface area contributed by atoms with E-state index in [0.717, 1.165) is 36.9 Å². The molecular formula is C16H20ClN4O2+. The Labute approximate surface area is 140 Å². The Bertz CT molecular complexity index is 680. The number of anilines is 2. The lowest BCUT2D eigenvalue weighted by atomic mass is 10.2. The largest absolute Gasteiger partial charge is 0.360 e. The number of quaternary nitrogens is 1. The van der Waals surface area contributed by atoms with Gasteiger partial charge in [-0.1, -0.05) is 22.8 Å². The summed E-state index contributed by atoms with van der Waals surface area (Å²) < 4.78 is 4.94. The highest BCUT2D eigenvalue weighted by Crippen LogP contribution is 2.19. The van der Waals surface area contributed by atoms with E-state index < -0.39 is 0 Å². The van der Waals surface area contributed by atoms with Crippen LogP contribution in [0.2, 0.25) is 5.02 Å². The van der Waals surface area contributed by atoms with E-state index in [1.54, 1.807) is 13.0 Å². The van der Waals surface area contributed by atoms with E-state index in [1.165, 1.54) is 4.90 Å². The summed E-state index contributed by atoms with van der Waals surface area (Å²) in [6.07, 6.45) is 0. The van der Waals surface area contributed by atoms with Crippen molar-refractivity contribution in [2.24, 2.45) is 0 Å². The Hall–Kier alpha value is -2.05. The second-order valence-corrected chi connectivity index (χ2v) is 6.20. The number of carbonyl (C=O) groups excluding carboxylic acids is 1. The van der Waals surface area contributed by atoms with Gasteiger partial charge in [0.15, 0.2) is 12.4 Å². The lowest BCUT2D eigenvalue weighted by Gasteiger charge is -2.33. The summed E-state index contributed by atoms with van der Waals surface area (Å²) >= 11 is 6.04. The van der Waals surface area contributed by atoms with Crippen LogP contribution in [0.3, 0.4) is 0 Å². The number of aryl methyl sites for hydroxylation is 1. The highest BCUT2D eigenvalue weighted by Gasteiger charge is 2.22. The van der Waals surface area contributed by atoms with Gasteiger partial charge >= 0.3 is 0 Å². The zero-order valence-electron chi connectivity index (χ0n) is 13.0. The van der Waals surface area contributed by atoms with E-state index in [2.05, 4.69) is 21.4 Å². The number of nitrogens with one attached hydrogen (secondary N) is 2. The van der Waals surface area contributed by atoms with Gasteiger partial charge in [-0.15, -0.1) is 0 Å². The van der Waals surface area contributed by atoms with Crippen molar-refractivity contribution in [1.29, 1.82) is 0 Å². The Balaban J connectivity index is 1.48. The molecule has 0 bridgehead atoms. The number of hydrogen-bond donors (Lipinski definition) is 2. The molecule has 0 atom stereocenters. The number of benzene rings is 1. The van der Waals surface area contributed by atoms with Gasteiger partial charge in [-0.05, 0) is 25.1 Å². The van der Waals surface area contributed by atoms with Crippen LogP contribution in [0.25, 0.3) is 0 Å². The molecule has 1 aliphatic heterocycles. The molecule has 1 aromatic heterocycles. The minimum absolute atomic E-state index is 0.0375. The minimum atomic E-state index is -0.0375. The Morgan fingerprint density at radius 3 is 2.83 bits per heavy atom. The number of rotatable bonds is 4. The lowest BCUT2D eigenvalue weighted by Crippen LogP contribution is -3.15. The first-order valence-electron chi connectivity index (χ1n) is 7.67. The van der Waals surface area contributed by atoms with Gasteiger partial charge in [0.1, 0.15) is 5.76 Å². The molecule has 2 heterocycles. The van der Waals surface area contributed by atoms with Gasteiger partial charge in [0.05, 0.1) is 26.2 Å². The van der Waals surface area contributed by atoms with Crippen molar-refractivity contribution in [3.8, 4) is 0 Å². The van der Waals surface area contributed by atoms with Crippen molar-refractivity contribution < 1.29 is 14.2 Å². The normalized spacial score (nSPS) is 15.7. The summed E-state index contributed by atoms with van der Waals surface area (Å²) in [6.45, 7) is 5.88. The smallest absolute Gasteiger partial charge is 0.280 e. The monoisotopic (exact) mass is 335 g/mol. The van der Waals surface area contributed by atoms with Crippen LogP contribution in [0.5, 0.6) is 0 Å². The Morgan fingerprint density at radius 1 is 1.39 bits per heavy atom. The quantitative estimate of drug-likeness (QED) is 0.874. The fraction of sp³-hybridized carbons (Fsp3) is 0.375. The molecule has 2 N–H and O–H groups in total. The van der Waals surface area contributed by atoms with Crippen LogP contribution in [0.15, 0.2) is 34.9 Å². The number of halogens is 1. The van der Waals surface area contributed by atoms with Crippen molar-refractivity contribution in [1.82, 2.24) is 5.16 Å². The van der Waals surface area contributed by atoms with Gasteiger partial charge in [-0.3, -0.25) is 4.79 Å². The third-order valence-electron chi connectivity index (χ3n) is 3.95. The second kappa shape index (κ2) is 7.02. The maximum absolute atomic E-state index is 12.0. The molecule has 1 aromatic carbocycles. The molecule has 1 aliphatic rings.